The molecule has 2 rings (SSSR count). The van der Waals surface area contributed by atoms with E-state index in [1.54, 1.807) is 0 Å². The smallest absolute Gasteiger partial charge is 0.144 e. The Balaban J connectivity index is 1.53. The van der Waals surface area contributed by atoms with Crippen LogP contribution in [0, 0.1) is 11.3 Å². The van der Waals surface area contributed by atoms with E-state index in [4.69, 9.17) is 10.9 Å². The summed E-state index contributed by atoms with van der Waals surface area (Å²) in [5.41, 5.74) is 5.47. The highest BCUT2D eigenvalue weighted by atomic mass is 16.4. The molecule has 1 aliphatic heterocycles. The second-order valence-corrected chi connectivity index (χ2v) is 7.06. The van der Waals surface area contributed by atoms with Crippen LogP contribution in [0.4, 0.5) is 0 Å². The number of nitrogens with zero attached hydrogens (tertiary/aromatic N) is 2. The Morgan fingerprint density at radius 2 is 2.15 bits per heavy atom. The number of oxime groups is 1. The Kier molecular flexibility index (Phi) is 5.27. The minimum absolute atomic E-state index is 0.216. The first kappa shape index (κ1) is 15.6. The summed E-state index contributed by atoms with van der Waals surface area (Å²) in [4.78, 5) is 2.66. The summed E-state index contributed by atoms with van der Waals surface area (Å²) >= 11 is 0. The summed E-state index contributed by atoms with van der Waals surface area (Å²) in [6.45, 7) is 8.77. The molecule has 5 nitrogen and oxygen atoms in total. The molecule has 0 aromatic heterocycles. The molecule has 5 heteroatoms. The lowest BCUT2D eigenvalue weighted by molar-refractivity contribution is 0.303. The highest BCUT2D eigenvalue weighted by molar-refractivity contribution is 5.85. The van der Waals surface area contributed by atoms with Gasteiger partial charge in [0.2, 0.25) is 0 Å². The highest BCUT2D eigenvalue weighted by Gasteiger charge is 2.34. The van der Waals surface area contributed by atoms with E-state index >= 15 is 0 Å². The van der Waals surface area contributed by atoms with Crippen LogP contribution in [0.1, 0.15) is 46.0 Å². The number of hydrogen-bond donors (Lipinski definition) is 3. The van der Waals surface area contributed by atoms with Gasteiger partial charge in [0.15, 0.2) is 0 Å². The first-order valence-electron chi connectivity index (χ1n) is 7.95. The zero-order chi connectivity index (χ0) is 14.6. The Bertz CT molecular complexity index is 339. The summed E-state index contributed by atoms with van der Waals surface area (Å²) in [7, 11) is 0. The lowest BCUT2D eigenvalue weighted by atomic mass is 9.86. The number of rotatable bonds is 8. The van der Waals surface area contributed by atoms with E-state index in [2.05, 4.69) is 15.4 Å². The van der Waals surface area contributed by atoms with Gasteiger partial charge in [-0.2, -0.15) is 0 Å². The van der Waals surface area contributed by atoms with Crippen LogP contribution in [0.3, 0.4) is 0 Å². The van der Waals surface area contributed by atoms with Gasteiger partial charge in [0.25, 0.3) is 0 Å². The molecule has 0 aromatic rings. The first-order chi connectivity index (χ1) is 9.53. The minimum atomic E-state index is -0.216. The van der Waals surface area contributed by atoms with Crippen molar-refractivity contribution in [3.05, 3.63) is 0 Å². The lowest BCUT2D eigenvalue weighted by Gasteiger charge is -2.22. The van der Waals surface area contributed by atoms with E-state index in [0.29, 0.717) is 5.84 Å². The van der Waals surface area contributed by atoms with Crippen molar-refractivity contribution < 1.29 is 5.21 Å². The van der Waals surface area contributed by atoms with E-state index < -0.39 is 0 Å². The topological polar surface area (TPSA) is 73.9 Å². The molecule has 116 valence electrons. The molecule has 1 unspecified atom stereocenters. The quantitative estimate of drug-likeness (QED) is 0.208. The molecular formula is C15H30N4O. The van der Waals surface area contributed by atoms with Crippen LogP contribution in [0.15, 0.2) is 5.16 Å². The molecule has 4 N–H and O–H groups in total. The van der Waals surface area contributed by atoms with Crippen molar-refractivity contribution in [1.82, 2.24) is 10.2 Å². The second kappa shape index (κ2) is 6.76. The largest absolute Gasteiger partial charge is 0.409 e. The van der Waals surface area contributed by atoms with Crippen molar-refractivity contribution >= 4 is 5.84 Å². The Hall–Kier alpha value is -0.810. The van der Waals surface area contributed by atoms with Gasteiger partial charge in [-0.05, 0) is 57.7 Å². The van der Waals surface area contributed by atoms with Crippen LogP contribution >= 0.6 is 0 Å². The molecule has 0 bridgehead atoms. The van der Waals surface area contributed by atoms with Crippen LogP contribution in [-0.2, 0) is 0 Å². The summed E-state index contributed by atoms with van der Waals surface area (Å²) in [5, 5.41) is 15.4. The monoisotopic (exact) mass is 282 g/mol. The lowest BCUT2D eigenvalue weighted by Crippen LogP contribution is -2.33. The SMILES string of the molecule is CC(C)(CCCNCC1CCN(C2CC2)C1)C(N)=NO. The van der Waals surface area contributed by atoms with Crippen molar-refractivity contribution in [2.45, 2.75) is 52.0 Å². The molecule has 1 atom stereocenters. The molecule has 0 aromatic carbocycles. The normalized spacial score (nSPS) is 25.3. The van der Waals surface area contributed by atoms with E-state index in [1.165, 1.54) is 32.4 Å². The molecule has 20 heavy (non-hydrogen) atoms. The number of nitrogens with two attached hydrogens (primary N) is 1. The van der Waals surface area contributed by atoms with Gasteiger partial charge >= 0.3 is 0 Å². The Labute approximate surface area is 122 Å². The van der Waals surface area contributed by atoms with Crippen molar-refractivity contribution in [3.63, 3.8) is 0 Å². The summed E-state index contributed by atoms with van der Waals surface area (Å²) in [6, 6.07) is 0.918. The molecule has 1 aliphatic carbocycles. The maximum absolute atomic E-state index is 8.73. The average molecular weight is 282 g/mol. The van der Waals surface area contributed by atoms with E-state index in [1.807, 2.05) is 13.8 Å². The third kappa shape index (κ3) is 4.35. The van der Waals surface area contributed by atoms with Gasteiger partial charge < -0.3 is 21.2 Å². The molecule has 2 aliphatic rings. The van der Waals surface area contributed by atoms with Crippen molar-refractivity contribution in [2.75, 3.05) is 26.2 Å². The van der Waals surface area contributed by atoms with Gasteiger partial charge in [-0.25, -0.2) is 0 Å². The molecule has 1 heterocycles. The van der Waals surface area contributed by atoms with Crippen molar-refractivity contribution in [2.24, 2.45) is 22.2 Å². The predicted octanol–water partition coefficient (Wildman–Crippen LogP) is 1.61. The standard InChI is InChI=1S/C15H30N4O/c1-15(2,14(16)18-20)7-3-8-17-10-12-6-9-19(11-12)13-4-5-13/h12-13,17,20H,3-11H2,1-2H3,(H2,16,18). The molecule has 1 saturated carbocycles. The second-order valence-electron chi connectivity index (χ2n) is 7.06. The summed E-state index contributed by atoms with van der Waals surface area (Å²) in [6.07, 6.45) is 6.18. The van der Waals surface area contributed by atoms with Crippen LogP contribution in [-0.4, -0.2) is 48.2 Å². The molecule has 1 saturated heterocycles. The van der Waals surface area contributed by atoms with E-state index in [-0.39, 0.29) is 5.41 Å². The van der Waals surface area contributed by atoms with Crippen molar-refractivity contribution in [3.8, 4) is 0 Å². The van der Waals surface area contributed by atoms with Gasteiger partial charge in [-0.15, -0.1) is 0 Å². The maximum Gasteiger partial charge on any atom is 0.144 e. The highest BCUT2D eigenvalue weighted by Crippen LogP contribution is 2.31. The van der Waals surface area contributed by atoms with Crippen LogP contribution in [0.25, 0.3) is 0 Å². The third-order valence-electron chi connectivity index (χ3n) is 4.77. The minimum Gasteiger partial charge on any atom is -0.409 e. The number of amidine groups is 1. The fraction of sp³-hybridized carbons (Fsp3) is 0.933. The van der Waals surface area contributed by atoms with Gasteiger partial charge in [0.1, 0.15) is 5.84 Å². The summed E-state index contributed by atoms with van der Waals surface area (Å²) in [5.74, 6) is 1.15. The third-order valence-corrected chi connectivity index (χ3v) is 4.77. The van der Waals surface area contributed by atoms with Crippen LogP contribution in [0.2, 0.25) is 0 Å². The fourth-order valence-electron chi connectivity index (χ4n) is 3.03. The molecular weight excluding hydrogens is 252 g/mol. The van der Waals surface area contributed by atoms with Crippen LogP contribution < -0.4 is 11.1 Å². The molecule has 2 fully saturated rings. The molecule has 0 spiro atoms. The first-order valence-corrected chi connectivity index (χ1v) is 7.95. The Morgan fingerprint density at radius 1 is 1.40 bits per heavy atom. The fourth-order valence-corrected chi connectivity index (χ4v) is 3.03. The van der Waals surface area contributed by atoms with E-state index in [9.17, 15) is 0 Å². The van der Waals surface area contributed by atoms with Gasteiger partial charge in [0.05, 0.1) is 0 Å². The zero-order valence-electron chi connectivity index (χ0n) is 12.9. The Morgan fingerprint density at radius 3 is 2.80 bits per heavy atom. The molecule has 0 radical (unpaired) electrons. The van der Waals surface area contributed by atoms with Crippen LogP contribution in [0.5, 0.6) is 0 Å². The van der Waals surface area contributed by atoms with E-state index in [0.717, 1.165) is 37.9 Å². The van der Waals surface area contributed by atoms with Gasteiger partial charge in [-0.3, -0.25) is 0 Å². The molecule has 0 amide bonds. The zero-order valence-corrected chi connectivity index (χ0v) is 12.9. The van der Waals surface area contributed by atoms with Gasteiger partial charge in [-0.1, -0.05) is 19.0 Å². The average Bonchev–Trinajstić information content (AvgIpc) is 3.17. The maximum atomic E-state index is 8.73. The number of hydrogen-bond acceptors (Lipinski definition) is 4. The summed E-state index contributed by atoms with van der Waals surface area (Å²) < 4.78 is 0. The van der Waals surface area contributed by atoms with Crippen molar-refractivity contribution in [1.29, 1.82) is 0 Å². The number of nitrogens with one attached hydrogen (secondary N) is 1. The van der Waals surface area contributed by atoms with Gasteiger partial charge in [0, 0.05) is 18.0 Å². The predicted molar refractivity (Wildman–Crippen MR) is 82.0 cm³/mol. The number of likely N-dealkylation sites (tertiary alicyclic amines) is 1.